The van der Waals surface area contributed by atoms with E-state index >= 15 is 0 Å². The summed E-state index contributed by atoms with van der Waals surface area (Å²) < 4.78 is 7.16. The van der Waals surface area contributed by atoms with Crippen molar-refractivity contribution in [2.45, 2.75) is 175 Å². The van der Waals surface area contributed by atoms with Gasteiger partial charge in [0.25, 0.3) is 6.71 Å². The van der Waals surface area contributed by atoms with Crippen LogP contribution < -0.4 is 31.1 Å². The Balaban J connectivity index is 1.17. The van der Waals surface area contributed by atoms with Gasteiger partial charge >= 0.3 is 0 Å². The van der Waals surface area contributed by atoms with Gasteiger partial charge in [-0.1, -0.05) is 221 Å². The zero-order chi connectivity index (χ0) is 60.7. The third-order valence-corrected chi connectivity index (χ3v) is 21.0. The highest BCUT2D eigenvalue weighted by molar-refractivity contribution is 7.00. The van der Waals surface area contributed by atoms with Crippen LogP contribution in [0.1, 0.15) is 186 Å². The molecule has 0 bridgehead atoms. The van der Waals surface area contributed by atoms with Gasteiger partial charge in [0.15, 0.2) is 5.58 Å². The first kappa shape index (κ1) is 56.1. The minimum atomic E-state index is -0.284. The van der Waals surface area contributed by atoms with Crippen LogP contribution in [0.4, 0.5) is 51.2 Å². The van der Waals surface area contributed by atoms with Gasteiger partial charge in [0.1, 0.15) is 5.58 Å². The van der Waals surface area contributed by atoms with Crippen LogP contribution in [0.25, 0.3) is 21.9 Å². The molecule has 14 rings (SSSR count). The van der Waals surface area contributed by atoms with Crippen LogP contribution in [-0.4, -0.2) is 6.71 Å². The molecule has 0 spiro atoms. The third-order valence-electron chi connectivity index (χ3n) is 21.0. The highest BCUT2D eigenvalue weighted by Crippen LogP contribution is 2.56. The van der Waals surface area contributed by atoms with Gasteiger partial charge in [-0.05, 0) is 186 Å². The fourth-order valence-corrected chi connectivity index (χ4v) is 15.6. The summed E-state index contributed by atoms with van der Waals surface area (Å²) in [4.78, 5) is 7.86. The fraction of sp³-hybridized carbons (Fsp3) is 0.333. The van der Waals surface area contributed by atoms with Gasteiger partial charge < -0.3 is 19.1 Å². The van der Waals surface area contributed by atoms with Crippen LogP contribution in [-0.2, 0) is 37.9 Å². The number of aryl methyl sites for hydroxylation is 1. The number of hydrogen-bond donors (Lipinski definition) is 0. The summed E-state index contributed by atoms with van der Waals surface area (Å²) in [6, 6.07) is 66.4. The second-order valence-electron chi connectivity index (χ2n) is 31.4. The number of para-hydroxylation sites is 2. The Labute approximate surface area is 513 Å². The molecule has 5 heteroatoms. The maximum absolute atomic E-state index is 7.16. The predicted molar refractivity (Wildman–Crippen MR) is 369 cm³/mol. The maximum Gasteiger partial charge on any atom is 0.252 e. The molecule has 2 aliphatic heterocycles. The Morgan fingerprint density at radius 3 is 1.44 bits per heavy atom. The van der Waals surface area contributed by atoms with Crippen molar-refractivity contribution in [1.82, 2.24) is 0 Å². The molecule has 434 valence electrons. The van der Waals surface area contributed by atoms with E-state index in [-0.39, 0.29) is 44.6 Å². The average molecular weight is 1130 g/mol. The van der Waals surface area contributed by atoms with Crippen LogP contribution in [0.3, 0.4) is 0 Å². The molecule has 0 unspecified atom stereocenters. The van der Waals surface area contributed by atoms with Crippen molar-refractivity contribution >= 4 is 96.2 Å². The summed E-state index contributed by atoms with van der Waals surface area (Å²) in [7, 11) is 0. The molecule has 0 amide bonds. The van der Waals surface area contributed by atoms with Crippen molar-refractivity contribution < 1.29 is 4.42 Å². The summed E-state index contributed by atoms with van der Waals surface area (Å²) in [5.41, 5.74) is 29.0. The smallest absolute Gasteiger partial charge is 0.252 e. The standard InChI is InChI=1S/C81H86BN3O/c1-49-42-60-61(79(13,14)41-40-78(60,11)12)47-68(49)85-69-48-63-62(80(15,16)58-26-20-21-27-59(58)81(63,17)18)46-65(69)82-64-43-52(77(8,9)10)34-39-66(64)84(67-28-23-25-57-56-24-19-22-29-72(56)86-74(57)67)70-44-55(45-71(85)73(70)82)83(53-35-30-50(31-36-53)75(2,3)4)54-37-32-51(33-38-54)76(5,6)7/h19-39,42-48H,40-41H2,1-18H3. The molecule has 10 aromatic rings. The highest BCUT2D eigenvalue weighted by Gasteiger charge is 2.50. The molecule has 3 heterocycles. The quantitative estimate of drug-likeness (QED) is 0.160. The van der Waals surface area contributed by atoms with Gasteiger partial charge in [-0.3, -0.25) is 0 Å². The van der Waals surface area contributed by atoms with Crippen molar-refractivity contribution in [2.24, 2.45) is 0 Å². The van der Waals surface area contributed by atoms with E-state index in [2.05, 4.69) is 309 Å². The van der Waals surface area contributed by atoms with E-state index in [1.54, 1.807) is 0 Å². The maximum atomic E-state index is 7.16. The monoisotopic (exact) mass is 1130 g/mol. The molecule has 0 radical (unpaired) electrons. The first-order chi connectivity index (χ1) is 40.4. The van der Waals surface area contributed by atoms with E-state index < -0.39 is 0 Å². The molecule has 86 heavy (non-hydrogen) atoms. The number of nitrogens with zero attached hydrogens (tertiary/aromatic N) is 3. The Morgan fingerprint density at radius 2 is 0.872 bits per heavy atom. The lowest BCUT2D eigenvalue weighted by Crippen LogP contribution is -2.62. The molecule has 0 N–H and O–H groups in total. The Kier molecular flexibility index (Phi) is 12.1. The van der Waals surface area contributed by atoms with Crippen LogP contribution in [0.15, 0.2) is 174 Å². The number of hydrogen-bond acceptors (Lipinski definition) is 4. The lowest BCUT2D eigenvalue weighted by molar-refractivity contribution is 0.332. The lowest BCUT2D eigenvalue weighted by atomic mass is 9.33. The number of furan rings is 1. The molecule has 4 nitrogen and oxygen atoms in total. The average Bonchev–Trinajstić information content (AvgIpc) is 0.758. The van der Waals surface area contributed by atoms with Gasteiger partial charge in [-0.2, -0.15) is 0 Å². The van der Waals surface area contributed by atoms with E-state index in [1.165, 1.54) is 89.1 Å². The van der Waals surface area contributed by atoms with E-state index in [9.17, 15) is 0 Å². The summed E-state index contributed by atoms with van der Waals surface area (Å²) >= 11 is 0. The molecule has 0 atom stereocenters. The molecular formula is C81H86BN3O. The fourth-order valence-electron chi connectivity index (χ4n) is 15.6. The SMILES string of the molecule is Cc1cc2c(cc1N1c3cc4c(cc3B3c5cc(C(C)(C)C)ccc5N(c5cccc6c5oc5ccccc56)c5cc(N(c6ccc(C(C)(C)C)cc6)c6ccc(C(C)(C)C)cc6)cc1c53)C(C)(C)c1ccccc1C4(C)C)C(C)(C)CCC2(C)C. The van der Waals surface area contributed by atoms with Crippen molar-refractivity contribution in [3.63, 3.8) is 0 Å². The molecule has 0 saturated heterocycles. The molecule has 1 aromatic heterocycles. The Morgan fingerprint density at radius 1 is 0.395 bits per heavy atom. The second kappa shape index (κ2) is 18.6. The number of fused-ring (bicyclic) bond motifs is 10. The molecular weight excluding hydrogens is 1040 g/mol. The van der Waals surface area contributed by atoms with E-state index in [1.807, 2.05) is 0 Å². The van der Waals surface area contributed by atoms with Crippen LogP contribution in [0.5, 0.6) is 0 Å². The summed E-state index contributed by atoms with van der Waals surface area (Å²) in [6.07, 6.45) is 2.28. The first-order valence-corrected chi connectivity index (χ1v) is 31.7. The Hall–Kier alpha value is -7.76. The first-order valence-electron chi connectivity index (χ1n) is 31.7. The zero-order valence-electron chi connectivity index (χ0n) is 54.4. The normalized spacial score (nSPS) is 16.9. The molecule has 4 aliphatic rings. The summed E-state index contributed by atoms with van der Waals surface area (Å²) in [5.74, 6) is 0. The number of benzene rings is 9. The minimum Gasteiger partial charge on any atom is -0.454 e. The molecule has 2 aliphatic carbocycles. The molecule has 0 saturated carbocycles. The molecule has 0 fully saturated rings. The number of rotatable bonds is 5. The summed E-state index contributed by atoms with van der Waals surface area (Å²) in [5, 5.41) is 2.23. The predicted octanol–water partition coefficient (Wildman–Crippen LogP) is 20.7. The number of anilines is 9. The molecule has 9 aromatic carbocycles. The van der Waals surface area contributed by atoms with Crippen LogP contribution in [0.2, 0.25) is 0 Å². The van der Waals surface area contributed by atoms with Gasteiger partial charge in [0, 0.05) is 61.4 Å². The van der Waals surface area contributed by atoms with Crippen molar-refractivity contribution in [3.8, 4) is 0 Å². The Bertz CT molecular complexity index is 4370. The second-order valence-corrected chi connectivity index (χ2v) is 31.4. The van der Waals surface area contributed by atoms with E-state index in [0.29, 0.717) is 0 Å². The highest BCUT2D eigenvalue weighted by atomic mass is 16.3. The van der Waals surface area contributed by atoms with E-state index in [0.717, 1.165) is 68.9 Å². The van der Waals surface area contributed by atoms with Gasteiger partial charge in [-0.15, -0.1) is 0 Å². The third kappa shape index (κ3) is 8.43. The lowest BCUT2D eigenvalue weighted by Gasteiger charge is -2.49. The summed E-state index contributed by atoms with van der Waals surface area (Å²) in [6.45, 7) is 43.0. The van der Waals surface area contributed by atoms with E-state index in [4.69, 9.17) is 4.42 Å². The van der Waals surface area contributed by atoms with Crippen molar-refractivity contribution in [3.05, 3.63) is 225 Å². The van der Waals surface area contributed by atoms with Gasteiger partial charge in [-0.25, -0.2) is 0 Å². The van der Waals surface area contributed by atoms with Crippen LogP contribution in [0, 0.1) is 6.92 Å². The zero-order valence-corrected chi connectivity index (χ0v) is 54.4. The van der Waals surface area contributed by atoms with Crippen molar-refractivity contribution in [1.29, 1.82) is 0 Å². The minimum absolute atomic E-state index is 0.0173. The van der Waals surface area contributed by atoms with Gasteiger partial charge in [0.05, 0.1) is 11.4 Å². The van der Waals surface area contributed by atoms with Gasteiger partial charge in [0.2, 0.25) is 0 Å². The topological polar surface area (TPSA) is 22.9 Å². The largest absolute Gasteiger partial charge is 0.454 e. The van der Waals surface area contributed by atoms with Crippen molar-refractivity contribution in [2.75, 3.05) is 14.7 Å². The van der Waals surface area contributed by atoms with Crippen LogP contribution >= 0.6 is 0 Å².